The molecule has 3 atom stereocenters. The third kappa shape index (κ3) is 12.8. The minimum Gasteiger partial charge on any atom is -0.480 e. The molecule has 0 saturated carbocycles. The molecule has 0 saturated heterocycles. The topological polar surface area (TPSA) is 237 Å². The van der Waals surface area contributed by atoms with Gasteiger partial charge in [-0.1, -0.05) is 13.8 Å². The minimum atomic E-state index is -1.37. The molecule has 13 nitrogen and oxygen atoms in total. The first kappa shape index (κ1) is 27.8. The van der Waals surface area contributed by atoms with Crippen LogP contribution < -0.4 is 33.2 Å². The average molecular weight is 444 g/mol. The van der Waals surface area contributed by atoms with Gasteiger partial charge in [-0.3, -0.25) is 24.0 Å². The smallest absolute Gasteiger partial charge is 0.326 e. The lowest BCUT2D eigenvalue weighted by Gasteiger charge is -2.21. The third-order valence-corrected chi connectivity index (χ3v) is 4.11. The highest BCUT2D eigenvalue weighted by molar-refractivity contribution is 5.93. The summed E-state index contributed by atoms with van der Waals surface area (Å²) in [7, 11) is 0. The number of nitrogens with one attached hydrogen (secondary N) is 3. The Labute approximate surface area is 179 Å². The number of hydrogen-bond donors (Lipinski definition) is 7. The maximum Gasteiger partial charge on any atom is 0.326 e. The number of hydrogen-bond acceptors (Lipinski definition) is 7. The molecule has 5 amide bonds. The molecule has 0 spiro atoms. The second kappa shape index (κ2) is 13.9. The van der Waals surface area contributed by atoms with Gasteiger partial charge in [0.2, 0.25) is 29.5 Å². The SMILES string of the molecule is CC(C)CC(N)C(=O)NC(CCC(N)=O)C(=O)NCC(=O)NC(CCC(N)=O)C(=O)O. The predicted molar refractivity (Wildman–Crippen MR) is 109 cm³/mol. The van der Waals surface area contributed by atoms with Crippen molar-refractivity contribution in [3.63, 3.8) is 0 Å². The quantitative estimate of drug-likeness (QED) is 0.137. The molecular weight excluding hydrogens is 412 g/mol. The Bertz CT molecular complexity index is 682. The molecule has 31 heavy (non-hydrogen) atoms. The maximum absolute atomic E-state index is 12.4. The van der Waals surface area contributed by atoms with Crippen LogP contribution in [0.2, 0.25) is 0 Å². The van der Waals surface area contributed by atoms with Crippen LogP contribution in [0.15, 0.2) is 0 Å². The van der Waals surface area contributed by atoms with Crippen LogP contribution >= 0.6 is 0 Å². The molecule has 0 aromatic carbocycles. The number of aliphatic carboxylic acids is 1. The van der Waals surface area contributed by atoms with Gasteiger partial charge in [-0.05, 0) is 25.2 Å². The molecule has 0 aliphatic carbocycles. The lowest BCUT2D eigenvalue weighted by Crippen LogP contribution is -2.53. The van der Waals surface area contributed by atoms with E-state index in [0.29, 0.717) is 6.42 Å². The molecule has 0 bridgehead atoms. The van der Waals surface area contributed by atoms with E-state index >= 15 is 0 Å². The van der Waals surface area contributed by atoms with Crippen molar-refractivity contribution < 1.29 is 33.9 Å². The molecule has 0 aromatic heterocycles. The lowest BCUT2D eigenvalue weighted by atomic mass is 10.0. The molecule has 0 aliphatic heterocycles. The van der Waals surface area contributed by atoms with Crippen LogP contribution in [0.5, 0.6) is 0 Å². The fourth-order valence-corrected chi connectivity index (χ4v) is 2.53. The van der Waals surface area contributed by atoms with E-state index in [9.17, 15) is 28.8 Å². The second-order valence-corrected chi connectivity index (χ2v) is 7.48. The van der Waals surface area contributed by atoms with Crippen LogP contribution in [0, 0.1) is 5.92 Å². The van der Waals surface area contributed by atoms with Crippen molar-refractivity contribution in [1.29, 1.82) is 0 Å². The van der Waals surface area contributed by atoms with Crippen LogP contribution in [0.3, 0.4) is 0 Å². The number of amides is 5. The summed E-state index contributed by atoms with van der Waals surface area (Å²) in [4.78, 5) is 69.6. The van der Waals surface area contributed by atoms with Crippen molar-refractivity contribution in [2.24, 2.45) is 23.1 Å². The highest BCUT2D eigenvalue weighted by Gasteiger charge is 2.26. The van der Waals surface area contributed by atoms with Crippen LogP contribution in [0.25, 0.3) is 0 Å². The van der Waals surface area contributed by atoms with Crippen molar-refractivity contribution in [3.8, 4) is 0 Å². The lowest BCUT2D eigenvalue weighted by molar-refractivity contribution is -0.142. The zero-order chi connectivity index (χ0) is 24.1. The normalized spacial score (nSPS) is 13.5. The predicted octanol–water partition coefficient (Wildman–Crippen LogP) is -2.94. The van der Waals surface area contributed by atoms with Gasteiger partial charge in [0.05, 0.1) is 12.6 Å². The van der Waals surface area contributed by atoms with Crippen LogP contribution in [0.1, 0.15) is 46.0 Å². The second-order valence-electron chi connectivity index (χ2n) is 7.48. The van der Waals surface area contributed by atoms with Gasteiger partial charge in [0.1, 0.15) is 12.1 Å². The number of nitrogens with two attached hydrogens (primary N) is 3. The summed E-state index contributed by atoms with van der Waals surface area (Å²) in [5.41, 5.74) is 15.8. The number of carboxylic acids is 1. The Kier molecular flexibility index (Phi) is 12.5. The molecular formula is C18H32N6O7. The molecule has 13 heteroatoms. The monoisotopic (exact) mass is 444 g/mol. The van der Waals surface area contributed by atoms with E-state index in [2.05, 4.69) is 16.0 Å². The van der Waals surface area contributed by atoms with Crippen LogP contribution in [-0.4, -0.2) is 65.3 Å². The Morgan fingerprint density at radius 1 is 0.839 bits per heavy atom. The van der Waals surface area contributed by atoms with E-state index in [4.69, 9.17) is 22.3 Å². The van der Waals surface area contributed by atoms with E-state index in [1.165, 1.54) is 0 Å². The highest BCUT2D eigenvalue weighted by atomic mass is 16.4. The average Bonchev–Trinajstić information content (AvgIpc) is 2.64. The fourth-order valence-electron chi connectivity index (χ4n) is 2.53. The van der Waals surface area contributed by atoms with Gasteiger partial charge in [0.15, 0.2) is 0 Å². The molecule has 10 N–H and O–H groups in total. The van der Waals surface area contributed by atoms with Gasteiger partial charge in [-0.2, -0.15) is 0 Å². The summed E-state index contributed by atoms with van der Waals surface area (Å²) < 4.78 is 0. The zero-order valence-corrected chi connectivity index (χ0v) is 17.7. The zero-order valence-electron chi connectivity index (χ0n) is 17.7. The van der Waals surface area contributed by atoms with Gasteiger partial charge in [-0.15, -0.1) is 0 Å². The van der Waals surface area contributed by atoms with E-state index in [0.717, 1.165) is 0 Å². The summed E-state index contributed by atoms with van der Waals surface area (Å²) in [5, 5.41) is 15.9. The molecule has 3 unspecified atom stereocenters. The Morgan fingerprint density at radius 2 is 1.35 bits per heavy atom. The summed E-state index contributed by atoms with van der Waals surface area (Å²) in [6, 6.07) is -3.40. The third-order valence-electron chi connectivity index (χ3n) is 4.11. The molecule has 0 rings (SSSR count). The van der Waals surface area contributed by atoms with Gasteiger partial charge >= 0.3 is 5.97 Å². The first-order chi connectivity index (χ1) is 14.3. The summed E-state index contributed by atoms with van der Waals surface area (Å²) in [6.45, 7) is 3.15. The summed E-state index contributed by atoms with van der Waals surface area (Å²) in [6.07, 6.45) is -0.394. The molecule has 176 valence electrons. The van der Waals surface area contributed by atoms with Gasteiger partial charge in [-0.25, -0.2) is 4.79 Å². The summed E-state index contributed by atoms with van der Waals surface area (Å²) >= 11 is 0. The van der Waals surface area contributed by atoms with Crippen LogP contribution in [-0.2, 0) is 28.8 Å². The fraction of sp³-hybridized carbons (Fsp3) is 0.667. The van der Waals surface area contributed by atoms with E-state index < -0.39 is 60.2 Å². The number of primary amides is 2. The molecule has 0 aromatic rings. The van der Waals surface area contributed by atoms with Gasteiger partial charge in [0.25, 0.3) is 0 Å². The van der Waals surface area contributed by atoms with Crippen molar-refractivity contribution in [2.75, 3.05) is 6.54 Å². The van der Waals surface area contributed by atoms with Crippen molar-refractivity contribution in [1.82, 2.24) is 16.0 Å². The Hall–Kier alpha value is -3.22. The Morgan fingerprint density at radius 3 is 1.81 bits per heavy atom. The molecule has 0 heterocycles. The molecule has 0 radical (unpaired) electrons. The first-order valence-electron chi connectivity index (χ1n) is 9.75. The van der Waals surface area contributed by atoms with Crippen LogP contribution in [0.4, 0.5) is 0 Å². The molecule has 0 fully saturated rings. The standard InChI is InChI=1S/C18H32N6O7/c1-9(2)7-10(19)16(28)24-11(3-5-13(20)25)17(29)22-8-15(27)23-12(18(30)31)4-6-14(21)26/h9-12H,3-8,19H2,1-2H3,(H2,20,25)(H2,21,26)(H,22,29)(H,23,27)(H,24,28)(H,30,31). The van der Waals surface area contributed by atoms with Crippen molar-refractivity contribution in [2.45, 2.75) is 64.1 Å². The number of carbonyl (C=O) groups excluding carboxylic acids is 5. The Balaban J connectivity index is 4.90. The van der Waals surface area contributed by atoms with E-state index in [1.54, 1.807) is 0 Å². The first-order valence-corrected chi connectivity index (χ1v) is 9.75. The number of rotatable bonds is 15. The van der Waals surface area contributed by atoms with E-state index in [-0.39, 0.29) is 31.6 Å². The largest absolute Gasteiger partial charge is 0.480 e. The van der Waals surface area contributed by atoms with Crippen molar-refractivity contribution >= 4 is 35.5 Å². The van der Waals surface area contributed by atoms with Gasteiger partial charge in [0, 0.05) is 12.8 Å². The minimum absolute atomic E-state index is 0.112. The van der Waals surface area contributed by atoms with E-state index in [1.807, 2.05) is 13.8 Å². The summed E-state index contributed by atoms with van der Waals surface area (Å²) in [5.74, 6) is -4.84. The van der Waals surface area contributed by atoms with Gasteiger partial charge < -0.3 is 38.3 Å². The number of carbonyl (C=O) groups is 6. The molecule has 0 aliphatic rings. The maximum atomic E-state index is 12.4. The van der Waals surface area contributed by atoms with Crippen molar-refractivity contribution in [3.05, 3.63) is 0 Å². The highest BCUT2D eigenvalue weighted by Crippen LogP contribution is 2.05. The number of carboxylic acid groups (broad SMARTS) is 1.